The van der Waals surface area contributed by atoms with E-state index in [4.69, 9.17) is 0 Å². The number of phenolic OH excluding ortho intramolecular Hbond substituents is 1. The van der Waals surface area contributed by atoms with Gasteiger partial charge in [0.25, 0.3) is 0 Å². The van der Waals surface area contributed by atoms with Crippen LogP contribution in [-0.4, -0.2) is 53.4 Å². The quantitative estimate of drug-likeness (QED) is 0.149. The maximum atomic E-state index is 11.7. The van der Waals surface area contributed by atoms with Crippen molar-refractivity contribution < 1.29 is 102 Å². The van der Waals surface area contributed by atoms with Gasteiger partial charge in [0.05, 0.1) is 0 Å². The van der Waals surface area contributed by atoms with Crippen LogP contribution in [0.15, 0.2) is 68.6 Å². The first-order valence-electron chi connectivity index (χ1n) is 7.98. The van der Waals surface area contributed by atoms with Gasteiger partial charge in [-0.05, 0) is 0 Å². The summed E-state index contributed by atoms with van der Waals surface area (Å²) < 4.78 is 98.5. The average Bonchev–Trinajstić information content (AvgIpc) is 2.64. The first-order valence-corrected chi connectivity index (χ1v) is 14.2. The average molecular weight is 576 g/mol. The standard InChI is InChI=1S/C16H13AsN2O10S2.2Na/c20-16-14(31(27,28)29)8-9-7-10(30(24,25)26)5-6-11(9)15(16)19-18-13-4-2-1-3-12(13)17(21,22)23;;/h1-8,20H,(H2,21,22,23)(H,24,25,26)(H,27,28,29);;/q;2*+1/p-2/b19-18+;;. The van der Waals surface area contributed by atoms with Gasteiger partial charge < -0.3 is 0 Å². The van der Waals surface area contributed by atoms with Crippen molar-refractivity contribution in [3.63, 3.8) is 0 Å². The molecule has 3 rings (SSSR count). The molecule has 12 nitrogen and oxygen atoms in total. The summed E-state index contributed by atoms with van der Waals surface area (Å²) in [6.45, 7) is 0. The van der Waals surface area contributed by atoms with E-state index in [0.717, 1.165) is 24.3 Å². The van der Waals surface area contributed by atoms with Gasteiger partial charge in [0.15, 0.2) is 0 Å². The number of fused-ring (bicyclic) bond motifs is 1. The van der Waals surface area contributed by atoms with E-state index >= 15 is 0 Å². The molecule has 0 bridgehead atoms. The van der Waals surface area contributed by atoms with Crippen LogP contribution in [0.5, 0.6) is 5.75 Å². The molecule has 3 N–H and O–H groups in total. The Kier molecular flexibility index (Phi) is 10.1. The summed E-state index contributed by atoms with van der Waals surface area (Å²) in [5, 5.41) is 17.3. The van der Waals surface area contributed by atoms with Gasteiger partial charge in [0, 0.05) is 0 Å². The third-order valence-corrected chi connectivity index (χ3v) is 7.83. The van der Waals surface area contributed by atoms with E-state index < -0.39 is 60.0 Å². The van der Waals surface area contributed by atoms with Gasteiger partial charge in [-0.1, -0.05) is 0 Å². The van der Waals surface area contributed by atoms with Crippen LogP contribution in [-0.2, 0) is 24.0 Å². The molecule has 0 atom stereocenters. The Morgan fingerprint density at radius 2 is 1.45 bits per heavy atom. The molecular weight excluding hydrogens is 565 g/mol. The minimum Gasteiger partial charge on any atom is 1.00 e. The minimum atomic E-state index is -5.43. The van der Waals surface area contributed by atoms with Crippen molar-refractivity contribution >= 4 is 60.9 Å². The molecule has 17 heteroatoms. The van der Waals surface area contributed by atoms with Crippen LogP contribution in [0.1, 0.15) is 0 Å². The molecule has 0 aliphatic rings. The smallest absolute Gasteiger partial charge is 1.00 e. The van der Waals surface area contributed by atoms with Gasteiger partial charge in [0.2, 0.25) is 0 Å². The molecule has 33 heavy (non-hydrogen) atoms. The first-order chi connectivity index (χ1) is 14.2. The van der Waals surface area contributed by atoms with Gasteiger partial charge in [-0.25, -0.2) is 0 Å². The molecule has 164 valence electrons. The number of phenols is 1. The maximum Gasteiger partial charge on any atom is 1.00 e. The Balaban J connectivity index is 0.00000272. The van der Waals surface area contributed by atoms with E-state index in [2.05, 4.69) is 10.2 Å². The Labute approximate surface area is 234 Å². The zero-order valence-corrected chi connectivity index (χ0v) is 24.5. The number of azo groups is 1. The molecule has 3 aromatic carbocycles. The summed E-state index contributed by atoms with van der Waals surface area (Å²) in [5.74, 6) is -1.11. The van der Waals surface area contributed by atoms with Crippen molar-refractivity contribution in [3.8, 4) is 5.75 Å². The zero-order valence-electron chi connectivity index (χ0n) is 17.0. The second-order valence-electron chi connectivity index (χ2n) is 6.10. The zero-order chi connectivity index (χ0) is 23.2. The fourth-order valence-electron chi connectivity index (χ4n) is 2.68. The molecule has 0 unspecified atom stereocenters. The summed E-state index contributed by atoms with van der Waals surface area (Å²) >= 11 is -5.43. The van der Waals surface area contributed by atoms with Gasteiger partial charge in [0.1, 0.15) is 0 Å². The number of hydrogen-bond acceptors (Lipinski definition) is 10. The van der Waals surface area contributed by atoms with Crippen molar-refractivity contribution in [2.75, 3.05) is 0 Å². The molecule has 0 heterocycles. The van der Waals surface area contributed by atoms with Gasteiger partial charge in [-0.3, -0.25) is 0 Å². The Morgan fingerprint density at radius 3 is 2.00 bits per heavy atom. The van der Waals surface area contributed by atoms with Crippen LogP contribution in [0, 0.1) is 0 Å². The van der Waals surface area contributed by atoms with E-state index in [-0.39, 0.29) is 75.6 Å². The summed E-state index contributed by atoms with van der Waals surface area (Å²) in [5.41, 5.74) is -0.869. The van der Waals surface area contributed by atoms with Gasteiger partial charge in [-0.15, -0.1) is 0 Å². The molecule has 0 aliphatic heterocycles. The first kappa shape index (κ1) is 30.4. The maximum absolute atomic E-state index is 11.7. The number of nitrogens with zero attached hydrogens (tertiary/aromatic N) is 2. The fourth-order valence-corrected chi connectivity index (χ4v) is 5.25. The predicted molar refractivity (Wildman–Crippen MR) is 103 cm³/mol. The Bertz CT molecular complexity index is 1510. The van der Waals surface area contributed by atoms with Crippen LogP contribution < -0.4 is 63.5 Å². The van der Waals surface area contributed by atoms with Crippen LogP contribution in [0.3, 0.4) is 0 Å². The summed E-state index contributed by atoms with van der Waals surface area (Å²) in [4.78, 5) is -1.88. The second-order valence-corrected chi connectivity index (χ2v) is 12.1. The van der Waals surface area contributed by atoms with E-state index in [9.17, 15) is 43.0 Å². The largest absolute Gasteiger partial charge is 1.00 e. The van der Waals surface area contributed by atoms with E-state index in [1.165, 1.54) is 18.2 Å². The Hall–Kier alpha value is -0.582. The van der Waals surface area contributed by atoms with E-state index in [1.807, 2.05) is 0 Å². The van der Waals surface area contributed by atoms with Crippen LogP contribution in [0.4, 0.5) is 11.4 Å². The number of benzene rings is 3. The molecule has 0 saturated heterocycles. The normalized spacial score (nSPS) is 12.4. The number of aromatic hydroxyl groups is 1. The molecule has 0 fully saturated rings. The van der Waals surface area contributed by atoms with Crippen molar-refractivity contribution in [1.29, 1.82) is 0 Å². The van der Waals surface area contributed by atoms with E-state index in [1.54, 1.807) is 0 Å². The molecule has 0 spiro atoms. The summed E-state index contributed by atoms with van der Waals surface area (Å²) in [7, 11) is -10.2. The summed E-state index contributed by atoms with van der Waals surface area (Å²) in [6, 6.07) is 8.42. The topological polar surface area (TPSA) is 217 Å². The molecule has 0 saturated carbocycles. The minimum absolute atomic E-state index is 0. The van der Waals surface area contributed by atoms with Crippen LogP contribution >= 0.6 is 0 Å². The van der Waals surface area contributed by atoms with Gasteiger partial charge >= 0.3 is 237 Å². The van der Waals surface area contributed by atoms with E-state index in [0.29, 0.717) is 6.07 Å². The molecule has 0 aliphatic carbocycles. The van der Waals surface area contributed by atoms with Crippen molar-refractivity contribution in [2.45, 2.75) is 9.79 Å². The molecule has 0 amide bonds. The molecular formula is C16H11AsN2Na2O10S2. The number of rotatable bonds is 5. The van der Waals surface area contributed by atoms with Crippen molar-refractivity contribution in [1.82, 2.24) is 0 Å². The summed E-state index contributed by atoms with van der Waals surface area (Å²) in [6.07, 6.45) is 0. The van der Waals surface area contributed by atoms with Gasteiger partial charge in [-0.2, -0.15) is 0 Å². The molecule has 3 aromatic rings. The number of hydrogen-bond donors (Lipinski definition) is 3. The Morgan fingerprint density at radius 1 is 0.848 bits per heavy atom. The molecule has 0 radical (unpaired) electrons. The van der Waals surface area contributed by atoms with Crippen molar-refractivity contribution in [2.24, 2.45) is 10.2 Å². The third-order valence-electron chi connectivity index (χ3n) is 4.03. The second kappa shape index (κ2) is 11.0. The predicted octanol–water partition coefficient (Wildman–Crippen LogP) is -5.66. The fraction of sp³-hybridized carbons (Fsp3) is 0. The van der Waals surface area contributed by atoms with Crippen LogP contribution in [0.25, 0.3) is 10.8 Å². The van der Waals surface area contributed by atoms with Crippen LogP contribution in [0.2, 0.25) is 0 Å². The third kappa shape index (κ3) is 6.98. The SMILES string of the molecule is O=S(=O)([O-])c1ccc2c(/N=N/c3ccccc3[As](=O)(O)O)c(O)c(S(=O)(=O)[O-])cc2c1.[Na+].[Na+]. The van der Waals surface area contributed by atoms with Crippen molar-refractivity contribution in [3.05, 3.63) is 48.5 Å². The monoisotopic (exact) mass is 576 g/mol. The molecule has 0 aromatic heterocycles.